The molecule has 0 amide bonds. The Balaban J connectivity index is 2.48. The van der Waals surface area contributed by atoms with Crippen LogP contribution in [0.5, 0.6) is 11.5 Å². The summed E-state index contributed by atoms with van der Waals surface area (Å²) >= 11 is 1.67. The second-order valence-electron chi connectivity index (χ2n) is 4.40. The average Bonchev–Trinajstić information content (AvgIpc) is 3.08. The highest BCUT2D eigenvalue weighted by molar-refractivity contribution is 7.10. The van der Waals surface area contributed by atoms with Gasteiger partial charge in [0, 0.05) is 6.54 Å². The SMILES string of the molecule is CCCn1ncc(OC)c1C(NC)c1sccc1OC. The highest BCUT2D eigenvalue weighted by Crippen LogP contribution is 2.37. The summed E-state index contributed by atoms with van der Waals surface area (Å²) in [6, 6.07) is 1.99. The van der Waals surface area contributed by atoms with Crippen LogP contribution in [-0.4, -0.2) is 31.0 Å². The first-order chi connectivity index (χ1) is 9.76. The van der Waals surface area contributed by atoms with Crippen LogP contribution >= 0.6 is 11.3 Å². The van der Waals surface area contributed by atoms with Crippen molar-refractivity contribution in [1.82, 2.24) is 15.1 Å². The standard InChI is InChI=1S/C14H21N3O2S/c1-5-7-17-13(11(19-4)9-16-17)12(15-2)14-10(18-3)6-8-20-14/h6,8-9,12,15H,5,7H2,1-4H3. The molecule has 6 heteroatoms. The van der Waals surface area contributed by atoms with Gasteiger partial charge in [-0.05, 0) is 24.9 Å². The van der Waals surface area contributed by atoms with E-state index in [1.165, 1.54) is 0 Å². The molecule has 0 aliphatic carbocycles. The zero-order valence-corrected chi connectivity index (χ0v) is 13.2. The monoisotopic (exact) mass is 295 g/mol. The Bertz CT molecular complexity index is 550. The molecule has 1 atom stereocenters. The Labute approximate surface area is 123 Å². The number of nitrogens with one attached hydrogen (secondary N) is 1. The molecule has 0 fully saturated rings. The van der Waals surface area contributed by atoms with Crippen LogP contribution in [-0.2, 0) is 6.54 Å². The van der Waals surface area contributed by atoms with Gasteiger partial charge in [-0.1, -0.05) is 6.92 Å². The van der Waals surface area contributed by atoms with Crippen LogP contribution in [0.25, 0.3) is 0 Å². The number of nitrogens with zero attached hydrogens (tertiary/aromatic N) is 2. The van der Waals surface area contributed by atoms with E-state index in [9.17, 15) is 0 Å². The highest BCUT2D eigenvalue weighted by Gasteiger charge is 2.25. The minimum absolute atomic E-state index is 0.00829. The molecular formula is C14H21N3O2S. The maximum absolute atomic E-state index is 5.47. The maximum Gasteiger partial charge on any atom is 0.161 e. The van der Waals surface area contributed by atoms with E-state index in [2.05, 4.69) is 17.3 Å². The first kappa shape index (κ1) is 14.9. The van der Waals surface area contributed by atoms with Crippen molar-refractivity contribution >= 4 is 11.3 Å². The molecule has 0 aliphatic rings. The maximum atomic E-state index is 5.47. The van der Waals surface area contributed by atoms with Gasteiger partial charge in [-0.2, -0.15) is 5.10 Å². The smallest absolute Gasteiger partial charge is 0.161 e. The fourth-order valence-corrected chi connectivity index (χ4v) is 3.27. The Morgan fingerprint density at radius 3 is 2.70 bits per heavy atom. The first-order valence-electron chi connectivity index (χ1n) is 6.65. The van der Waals surface area contributed by atoms with Gasteiger partial charge in [0.15, 0.2) is 5.75 Å². The molecule has 0 radical (unpaired) electrons. The number of aryl methyl sites for hydroxylation is 1. The third kappa shape index (κ3) is 2.66. The fraction of sp³-hybridized carbons (Fsp3) is 0.500. The molecule has 0 saturated heterocycles. The van der Waals surface area contributed by atoms with Gasteiger partial charge in [-0.3, -0.25) is 4.68 Å². The average molecular weight is 295 g/mol. The van der Waals surface area contributed by atoms with E-state index in [0.29, 0.717) is 0 Å². The van der Waals surface area contributed by atoms with E-state index in [-0.39, 0.29) is 6.04 Å². The Hall–Kier alpha value is -1.53. The van der Waals surface area contributed by atoms with Crippen molar-refractivity contribution in [3.63, 3.8) is 0 Å². The number of ether oxygens (including phenoxy) is 2. The lowest BCUT2D eigenvalue weighted by Crippen LogP contribution is -2.22. The van der Waals surface area contributed by atoms with Crippen LogP contribution in [0.1, 0.15) is 30.0 Å². The van der Waals surface area contributed by atoms with Gasteiger partial charge in [-0.15, -0.1) is 11.3 Å². The number of aromatic nitrogens is 2. The molecule has 0 spiro atoms. The molecule has 1 unspecified atom stereocenters. The predicted molar refractivity (Wildman–Crippen MR) is 80.8 cm³/mol. The second kappa shape index (κ2) is 6.76. The molecule has 5 nitrogen and oxygen atoms in total. The summed E-state index contributed by atoms with van der Waals surface area (Å²) < 4.78 is 12.9. The molecule has 0 saturated carbocycles. The van der Waals surface area contributed by atoms with Gasteiger partial charge in [0.2, 0.25) is 0 Å². The quantitative estimate of drug-likeness (QED) is 0.853. The number of rotatable bonds is 7. The molecule has 2 aromatic heterocycles. The van der Waals surface area contributed by atoms with Crippen molar-refractivity contribution in [2.75, 3.05) is 21.3 Å². The molecule has 0 bridgehead atoms. The summed E-state index contributed by atoms with van der Waals surface area (Å²) in [4.78, 5) is 1.13. The van der Waals surface area contributed by atoms with E-state index < -0.39 is 0 Å². The zero-order chi connectivity index (χ0) is 14.5. The van der Waals surface area contributed by atoms with E-state index in [1.807, 2.05) is 23.2 Å². The minimum Gasteiger partial charge on any atom is -0.496 e. The summed E-state index contributed by atoms with van der Waals surface area (Å²) in [5.74, 6) is 1.69. The fourth-order valence-electron chi connectivity index (χ4n) is 2.30. The Morgan fingerprint density at radius 2 is 2.10 bits per heavy atom. The van der Waals surface area contributed by atoms with Crippen LogP contribution in [0.2, 0.25) is 0 Å². The minimum atomic E-state index is 0.00829. The van der Waals surface area contributed by atoms with Crippen LogP contribution in [0, 0.1) is 0 Å². The third-order valence-electron chi connectivity index (χ3n) is 3.20. The number of thiophene rings is 1. The van der Waals surface area contributed by atoms with Gasteiger partial charge in [0.25, 0.3) is 0 Å². The number of hydrogen-bond acceptors (Lipinski definition) is 5. The Kier molecular flexibility index (Phi) is 5.03. The molecule has 0 aliphatic heterocycles. The van der Waals surface area contributed by atoms with E-state index >= 15 is 0 Å². The van der Waals surface area contributed by atoms with Gasteiger partial charge in [0.05, 0.1) is 31.3 Å². The summed E-state index contributed by atoms with van der Waals surface area (Å²) in [6.45, 7) is 3.00. The van der Waals surface area contributed by atoms with Crippen LogP contribution in [0.3, 0.4) is 0 Å². The van der Waals surface area contributed by atoms with E-state index in [1.54, 1.807) is 31.8 Å². The number of hydrogen-bond donors (Lipinski definition) is 1. The van der Waals surface area contributed by atoms with Crippen molar-refractivity contribution in [3.05, 3.63) is 28.2 Å². The molecule has 2 heterocycles. The normalized spacial score (nSPS) is 12.4. The molecule has 2 rings (SSSR count). The van der Waals surface area contributed by atoms with Crippen molar-refractivity contribution in [2.24, 2.45) is 0 Å². The van der Waals surface area contributed by atoms with Gasteiger partial charge in [0.1, 0.15) is 11.4 Å². The van der Waals surface area contributed by atoms with Crippen LogP contribution in [0.15, 0.2) is 17.6 Å². The van der Waals surface area contributed by atoms with Gasteiger partial charge in [-0.25, -0.2) is 0 Å². The molecule has 20 heavy (non-hydrogen) atoms. The number of methoxy groups -OCH3 is 2. The van der Waals surface area contributed by atoms with Crippen LogP contribution in [0.4, 0.5) is 0 Å². The van der Waals surface area contributed by atoms with Crippen molar-refractivity contribution in [3.8, 4) is 11.5 Å². The molecule has 110 valence electrons. The molecule has 2 aromatic rings. The lowest BCUT2D eigenvalue weighted by molar-refractivity contribution is 0.392. The van der Waals surface area contributed by atoms with Crippen LogP contribution < -0.4 is 14.8 Å². The van der Waals surface area contributed by atoms with E-state index in [0.717, 1.165) is 35.0 Å². The van der Waals surface area contributed by atoms with Crippen molar-refractivity contribution < 1.29 is 9.47 Å². The van der Waals surface area contributed by atoms with E-state index in [4.69, 9.17) is 9.47 Å². The predicted octanol–water partition coefficient (Wildman–Crippen LogP) is 2.68. The molecule has 1 N–H and O–H groups in total. The van der Waals surface area contributed by atoms with Crippen molar-refractivity contribution in [2.45, 2.75) is 25.9 Å². The summed E-state index contributed by atoms with van der Waals surface area (Å²) in [6.07, 6.45) is 2.80. The lowest BCUT2D eigenvalue weighted by Gasteiger charge is -2.19. The largest absolute Gasteiger partial charge is 0.496 e. The molecule has 0 aromatic carbocycles. The molecular weight excluding hydrogens is 274 g/mol. The lowest BCUT2D eigenvalue weighted by atomic mass is 10.1. The first-order valence-corrected chi connectivity index (χ1v) is 7.53. The van der Waals surface area contributed by atoms with Gasteiger partial charge < -0.3 is 14.8 Å². The summed E-state index contributed by atoms with van der Waals surface area (Å²) in [5, 5.41) is 9.80. The van der Waals surface area contributed by atoms with Crippen molar-refractivity contribution in [1.29, 1.82) is 0 Å². The topological polar surface area (TPSA) is 48.3 Å². The van der Waals surface area contributed by atoms with Gasteiger partial charge >= 0.3 is 0 Å². The highest BCUT2D eigenvalue weighted by atomic mass is 32.1. The second-order valence-corrected chi connectivity index (χ2v) is 5.34. The summed E-state index contributed by atoms with van der Waals surface area (Å²) in [5.41, 5.74) is 1.04. The zero-order valence-electron chi connectivity index (χ0n) is 12.3. The Morgan fingerprint density at radius 1 is 1.35 bits per heavy atom. The summed E-state index contributed by atoms with van der Waals surface area (Å²) in [7, 11) is 5.31. The third-order valence-corrected chi connectivity index (χ3v) is 4.16.